The highest BCUT2D eigenvalue weighted by Gasteiger charge is 2.23. The predicted molar refractivity (Wildman–Crippen MR) is 45.1 cm³/mol. The molecule has 0 aromatic heterocycles. The van der Waals surface area contributed by atoms with Crippen molar-refractivity contribution in [3.63, 3.8) is 0 Å². The predicted octanol–water partition coefficient (Wildman–Crippen LogP) is 2.62. The van der Waals surface area contributed by atoms with Gasteiger partial charge in [0.2, 0.25) is 0 Å². The van der Waals surface area contributed by atoms with E-state index in [0.717, 1.165) is 6.61 Å². The third-order valence-corrected chi connectivity index (χ3v) is 2.01. The van der Waals surface area contributed by atoms with Crippen molar-refractivity contribution in [2.24, 2.45) is 5.92 Å². The topological polar surface area (TPSA) is 9.23 Å². The molecule has 0 amide bonds. The minimum Gasteiger partial charge on any atom is -0.371 e. The molecule has 0 N–H and O–H groups in total. The summed E-state index contributed by atoms with van der Waals surface area (Å²) in [5.41, 5.74) is -0.144. The van der Waals surface area contributed by atoms with E-state index in [0.29, 0.717) is 5.92 Å². The van der Waals surface area contributed by atoms with Gasteiger partial charge in [-0.05, 0) is 19.8 Å². The lowest BCUT2D eigenvalue weighted by atomic mass is 9.92. The maximum Gasteiger partial charge on any atom is 0.0854 e. The normalized spacial score (nSPS) is 16.9. The molecule has 0 radical (unpaired) electrons. The third-order valence-electron chi connectivity index (χ3n) is 2.01. The number of hydrogen-bond acceptors (Lipinski definition) is 1. The van der Waals surface area contributed by atoms with E-state index in [2.05, 4.69) is 27.4 Å². The first-order chi connectivity index (χ1) is 4.56. The van der Waals surface area contributed by atoms with E-state index in [1.807, 2.05) is 13.0 Å². The third kappa shape index (κ3) is 2.14. The average Bonchev–Trinajstić information content (AvgIpc) is 1.88. The lowest BCUT2D eigenvalue weighted by molar-refractivity contribution is -0.0199. The van der Waals surface area contributed by atoms with Crippen LogP contribution in [0.3, 0.4) is 0 Å². The maximum atomic E-state index is 5.52. The van der Waals surface area contributed by atoms with Crippen LogP contribution in [0.15, 0.2) is 12.7 Å². The fourth-order valence-electron chi connectivity index (χ4n) is 0.772. The second-order valence-corrected chi connectivity index (χ2v) is 2.98. The van der Waals surface area contributed by atoms with Crippen LogP contribution in [-0.4, -0.2) is 12.2 Å². The summed E-state index contributed by atoms with van der Waals surface area (Å²) in [4.78, 5) is 0. The Morgan fingerprint density at radius 3 is 2.20 bits per heavy atom. The van der Waals surface area contributed by atoms with Crippen LogP contribution >= 0.6 is 0 Å². The quantitative estimate of drug-likeness (QED) is 0.548. The Balaban J connectivity index is 4.08. The Labute approximate surface area is 64.1 Å². The Hall–Kier alpha value is -0.300. The van der Waals surface area contributed by atoms with Gasteiger partial charge in [0.1, 0.15) is 0 Å². The number of ether oxygens (including phenoxy) is 1. The van der Waals surface area contributed by atoms with Crippen LogP contribution in [-0.2, 0) is 4.74 Å². The van der Waals surface area contributed by atoms with Crippen LogP contribution in [0.25, 0.3) is 0 Å². The highest BCUT2D eigenvalue weighted by atomic mass is 16.5. The molecule has 1 unspecified atom stereocenters. The van der Waals surface area contributed by atoms with E-state index >= 15 is 0 Å². The van der Waals surface area contributed by atoms with Crippen molar-refractivity contribution < 1.29 is 4.74 Å². The van der Waals surface area contributed by atoms with Gasteiger partial charge in [0, 0.05) is 6.61 Å². The highest BCUT2D eigenvalue weighted by molar-refractivity contribution is 4.95. The second-order valence-electron chi connectivity index (χ2n) is 2.98. The van der Waals surface area contributed by atoms with Gasteiger partial charge in [-0.2, -0.15) is 0 Å². The molecule has 0 saturated heterocycles. The molecule has 1 atom stereocenters. The van der Waals surface area contributed by atoms with Crippen molar-refractivity contribution in [1.82, 2.24) is 0 Å². The molecule has 0 aliphatic rings. The summed E-state index contributed by atoms with van der Waals surface area (Å²) in [6, 6.07) is 0. The van der Waals surface area contributed by atoms with Crippen LogP contribution in [0.1, 0.15) is 27.7 Å². The molecule has 0 aliphatic carbocycles. The zero-order valence-electron chi connectivity index (χ0n) is 7.48. The van der Waals surface area contributed by atoms with Crippen molar-refractivity contribution >= 4 is 0 Å². The first-order valence-electron chi connectivity index (χ1n) is 3.84. The first-order valence-corrected chi connectivity index (χ1v) is 3.84. The van der Waals surface area contributed by atoms with E-state index in [1.54, 1.807) is 0 Å². The molecule has 0 aromatic rings. The molecule has 0 bridgehead atoms. The highest BCUT2D eigenvalue weighted by Crippen LogP contribution is 2.21. The molecular weight excluding hydrogens is 124 g/mol. The molecule has 10 heavy (non-hydrogen) atoms. The molecule has 0 rings (SSSR count). The molecule has 60 valence electrons. The summed E-state index contributed by atoms with van der Waals surface area (Å²) >= 11 is 0. The summed E-state index contributed by atoms with van der Waals surface area (Å²) in [5.74, 6) is 0.491. The first kappa shape index (κ1) is 9.70. The lowest BCUT2D eigenvalue weighted by Gasteiger charge is -2.29. The monoisotopic (exact) mass is 142 g/mol. The zero-order valence-corrected chi connectivity index (χ0v) is 7.48. The van der Waals surface area contributed by atoms with Gasteiger partial charge >= 0.3 is 0 Å². The van der Waals surface area contributed by atoms with Crippen molar-refractivity contribution in [3.05, 3.63) is 12.7 Å². The van der Waals surface area contributed by atoms with E-state index in [9.17, 15) is 0 Å². The molecule has 0 aromatic carbocycles. The number of rotatable bonds is 4. The van der Waals surface area contributed by atoms with E-state index < -0.39 is 0 Å². The van der Waals surface area contributed by atoms with E-state index in [-0.39, 0.29) is 5.60 Å². The largest absolute Gasteiger partial charge is 0.371 e. The SMILES string of the molecule is C=CC(C)(OCC)C(C)C. The molecule has 0 saturated carbocycles. The van der Waals surface area contributed by atoms with Crippen molar-refractivity contribution in [2.45, 2.75) is 33.3 Å². The van der Waals surface area contributed by atoms with Gasteiger partial charge in [0.15, 0.2) is 0 Å². The maximum absolute atomic E-state index is 5.52. The molecule has 0 spiro atoms. The Bertz CT molecular complexity index is 107. The van der Waals surface area contributed by atoms with Crippen LogP contribution in [0.4, 0.5) is 0 Å². The van der Waals surface area contributed by atoms with Gasteiger partial charge in [-0.15, -0.1) is 6.58 Å². The molecule has 1 heteroatoms. The van der Waals surface area contributed by atoms with Crippen molar-refractivity contribution in [2.75, 3.05) is 6.61 Å². The lowest BCUT2D eigenvalue weighted by Crippen LogP contribution is -2.32. The Morgan fingerprint density at radius 1 is 1.60 bits per heavy atom. The summed E-state index contributed by atoms with van der Waals surface area (Å²) in [6.45, 7) is 12.8. The number of hydrogen-bond donors (Lipinski definition) is 0. The Morgan fingerprint density at radius 2 is 2.10 bits per heavy atom. The van der Waals surface area contributed by atoms with Gasteiger partial charge in [-0.3, -0.25) is 0 Å². The van der Waals surface area contributed by atoms with Gasteiger partial charge < -0.3 is 4.74 Å². The molecule has 0 heterocycles. The Kier molecular flexibility index (Phi) is 3.66. The van der Waals surface area contributed by atoms with Gasteiger partial charge in [-0.25, -0.2) is 0 Å². The zero-order chi connectivity index (χ0) is 8.20. The summed E-state index contributed by atoms with van der Waals surface area (Å²) in [7, 11) is 0. The second kappa shape index (κ2) is 3.77. The van der Waals surface area contributed by atoms with Gasteiger partial charge in [0.25, 0.3) is 0 Å². The average molecular weight is 142 g/mol. The summed E-state index contributed by atoms with van der Waals surface area (Å²) < 4.78 is 5.52. The fourth-order valence-corrected chi connectivity index (χ4v) is 0.772. The molecule has 0 aliphatic heterocycles. The molecule has 0 fully saturated rings. The van der Waals surface area contributed by atoms with Gasteiger partial charge in [0.05, 0.1) is 5.60 Å². The molecule has 1 nitrogen and oxygen atoms in total. The standard InChI is InChI=1S/C9H18O/c1-6-9(5,8(3)4)10-7-2/h6,8H,1,7H2,2-5H3. The van der Waals surface area contributed by atoms with E-state index in [4.69, 9.17) is 4.74 Å². The minimum absolute atomic E-state index is 0.144. The smallest absolute Gasteiger partial charge is 0.0854 e. The fraction of sp³-hybridized carbons (Fsp3) is 0.778. The van der Waals surface area contributed by atoms with Crippen LogP contribution < -0.4 is 0 Å². The van der Waals surface area contributed by atoms with Crippen molar-refractivity contribution in [3.8, 4) is 0 Å². The summed E-state index contributed by atoms with van der Waals surface area (Å²) in [5, 5.41) is 0. The van der Waals surface area contributed by atoms with Crippen LogP contribution in [0.5, 0.6) is 0 Å². The summed E-state index contributed by atoms with van der Waals surface area (Å²) in [6.07, 6.45) is 1.88. The minimum atomic E-state index is -0.144. The molecular formula is C9H18O. The van der Waals surface area contributed by atoms with Gasteiger partial charge in [-0.1, -0.05) is 19.9 Å². The van der Waals surface area contributed by atoms with Crippen LogP contribution in [0.2, 0.25) is 0 Å². The van der Waals surface area contributed by atoms with Crippen LogP contribution in [0, 0.1) is 5.92 Å². The van der Waals surface area contributed by atoms with E-state index in [1.165, 1.54) is 0 Å². The van der Waals surface area contributed by atoms with Crippen molar-refractivity contribution in [1.29, 1.82) is 0 Å².